The second kappa shape index (κ2) is 14.4. The van der Waals surface area contributed by atoms with Crippen molar-refractivity contribution in [1.29, 1.82) is 0 Å². The molecule has 2 atom stereocenters. The van der Waals surface area contributed by atoms with Crippen LogP contribution in [0.15, 0.2) is 58.3 Å². The van der Waals surface area contributed by atoms with Gasteiger partial charge in [-0.1, -0.05) is 0 Å². The van der Waals surface area contributed by atoms with Crippen molar-refractivity contribution in [3.8, 4) is 11.5 Å². The lowest BCUT2D eigenvalue weighted by atomic mass is 10.2. The van der Waals surface area contributed by atoms with E-state index in [1.807, 2.05) is 0 Å². The molecule has 41 heavy (non-hydrogen) atoms. The molecule has 2 aromatic carbocycles. The molecule has 14 heteroatoms. The minimum atomic E-state index is -3.68. The number of carboxylic acids is 1. The van der Waals surface area contributed by atoms with Crippen LogP contribution in [-0.2, 0) is 23.4 Å². The molecule has 0 aromatic heterocycles. The summed E-state index contributed by atoms with van der Waals surface area (Å²) in [6.45, 7) is 4.75. The van der Waals surface area contributed by atoms with Gasteiger partial charge in [-0.3, -0.25) is 9.36 Å². The molecule has 224 valence electrons. The lowest BCUT2D eigenvalue weighted by Gasteiger charge is -2.29. The number of carbonyl (C=O) groups excluding carboxylic acids is 2. The highest BCUT2D eigenvalue weighted by molar-refractivity contribution is 8.89. The van der Waals surface area contributed by atoms with E-state index in [0.717, 1.165) is 22.8 Å². The number of hydrogen-bond donors (Lipinski definition) is 2. The Morgan fingerprint density at radius 3 is 1.95 bits per heavy atom. The van der Waals surface area contributed by atoms with Crippen LogP contribution in [0.25, 0.3) is 0 Å². The van der Waals surface area contributed by atoms with E-state index in [9.17, 15) is 24.1 Å². The van der Waals surface area contributed by atoms with Gasteiger partial charge in [-0.05, 0) is 105 Å². The summed E-state index contributed by atoms with van der Waals surface area (Å²) in [6.07, 6.45) is -0.0896. The number of methoxy groups -OCH3 is 2. The first-order valence-corrected chi connectivity index (χ1v) is 17.2. The van der Waals surface area contributed by atoms with Gasteiger partial charge in [0.25, 0.3) is 0 Å². The summed E-state index contributed by atoms with van der Waals surface area (Å²) in [5.74, 6) is -4.23. The summed E-state index contributed by atoms with van der Waals surface area (Å²) in [6, 6.07) is 11.5. The van der Waals surface area contributed by atoms with E-state index >= 15 is 0 Å². The van der Waals surface area contributed by atoms with Crippen molar-refractivity contribution in [2.75, 3.05) is 27.4 Å². The lowest BCUT2D eigenvalue weighted by molar-refractivity contribution is -0.149. The van der Waals surface area contributed by atoms with Gasteiger partial charge >= 0.3 is 17.8 Å². The van der Waals surface area contributed by atoms with E-state index in [2.05, 4.69) is 5.32 Å². The van der Waals surface area contributed by atoms with Crippen molar-refractivity contribution in [2.45, 2.75) is 61.1 Å². The van der Waals surface area contributed by atoms with Crippen LogP contribution in [0.5, 0.6) is 11.5 Å². The van der Waals surface area contributed by atoms with Gasteiger partial charge in [0.1, 0.15) is 29.2 Å². The summed E-state index contributed by atoms with van der Waals surface area (Å²) in [5, 5.41) is 12.1. The van der Waals surface area contributed by atoms with E-state index in [1.165, 1.54) is 4.90 Å². The number of rotatable bonds is 12. The molecule has 0 bridgehead atoms. The highest BCUT2D eigenvalue weighted by Gasteiger charge is 2.39. The molecule has 1 fully saturated rings. The Morgan fingerprint density at radius 2 is 1.51 bits per heavy atom. The zero-order valence-electron chi connectivity index (χ0n) is 23.5. The quantitative estimate of drug-likeness (QED) is 0.281. The molecule has 0 aliphatic carbocycles. The number of carbonyl (C=O) groups is 3. The number of benzene rings is 2. The van der Waals surface area contributed by atoms with Crippen molar-refractivity contribution in [3.05, 3.63) is 48.5 Å². The van der Waals surface area contributed by atoms with E-state index in [-0.39, 0.29) is 6.54 Å². The molecule has 2 aromatic rings. The predicted octanol–water partition coefficient (Wildman–Crippen LogP) is 5.68. The van der Waals surface area contributed by atoms with Crippen LogP contribution in [0.4, 0.5) is 4.79 Å². The summed E-state index contributed by atoms with van der Waals surface area (Å²) in [4.78, 5) is 40.4. The number of alkyl carbamates (subject to hydrolysis) is 1. The van der Waals surface area contributed by atoms with Crippen LogP contribution in [-0.4, -0.2) is 73.0 Å². The zero-order valence-corrected chi connectivity index (χ0v) is 26.1. The number of likely N-dealkylation sites (tertiary alicyclic amines) is 1. The van der Waals surface area contributed by atoms with Crippen LogP contribution < -0.4 is 14.8 Å². The summed E-state index contributed by atoms with van der Waals surface area (Å²) in [5.41, 5.74) is -0.848. The molecule has 0 radical (unpaired) electrons. The van der Waals surface area contributed by atoms with Gasteiger partial charge < -0.3 is 34.1 Å². The lowest BCUT2D eigenvalue weighted by Crippen LogP contribution is -2.54. The van der Waals surface area contributed by atoms with Crippen molar-refractivity contribution < 1.29 is 42.8 Å². The third kappa shape index (κ3) is 9.88. The fourth-order valence-corrected chi connectivity index (χ4v) is 10.3. The Kier molecular flexibility index (Phi) is 11.4. The fourth-order valence-electron chi connectivity index (χ4n) is 3.88. The maximum absolute atomic E-state index is 14.3. The van der Waals surface area contributed by atoms with Gasteiger partial charge in [-0.25, -0.2) is 9.59 Å². The van der Waals surface area contributed by atoms with E-state index < -0.39 is 48.0 Å². The number of hydrogen-bond acceptors (Lipinski definition) is 10. The van der Waals surface area contributed by atoms with Crippen molar-refractivity contribution >= 4 is 46.5 Å². The van der Waals surface area contributed by atoms with Crippen LogP contribution in [0, 0.1) is 0 Å². The number of ether oxygens (including phenoxy) is 3. The molecule has 11 nitrogen and oxygen atoms in total. The van der Waals surface area contributed by atoms with E-state index in [4.69, 9.17) is 18.7 Å². The molecule has 3 rings (SSSR count). The van der Waals surface area contributed by atoms with Gasteiger partial charge in [-0.2, -0.15) is 0 Å². The molecule has 1 saturated heterocycles. The smallest absolute Gasteiger partial charge is 0.408 e. The minimum Gasteiger partial charge on any atom is -0.497 e. The van der Waals surface area contributed by atoms with Crippen LogP contribution in [0.1, 0.15) is 33.6 Å². The third-order valence-electron chi connectivity index (χ3n) is 5.76. The molecular formula is C27H35N2O9PS2. The van der Waals surface area contributed by atoms with E-state index in [0.29, 0.717) is 34.1 Å². The number of amides is 2. The third-order valence-corrected chi connectivity index (χ3v) is 12.2. The van der Waals surface area contributed by atoms with Crippen LogP contribution in [0.3, 0.4) is 0 Å². The van der Waals surface area contributed by atoms with Gasteiger partial charge in [0.05, 0.1) is 20.8 Å². The fraction of sp³-hybridized carbons (Fsp3) is 0.444. The van der Waals surface area contributed by atoms with Crippen molar-refractivity contribution in [1.82, 2.24) is 10.2 Å². The highest BCUT2D eigenvalue weighted by Crippen LogP contribution is 2.74. The molecule has 0 unspecified atom stereocenters. The van der Waals surface area contributed by atoms with Gasteiger partial charge in [-0.15, -0.1) is 0 Å². The maximum atomic E-state index is 14.3. The highest BCUT2D eigenvalue weighted by atomic mass is 33.1. The Morgan fingerprint density at radius 1 is 1.00 bits per heavy atom. The predicted molar refractivity (Wildman–Crippen MR) is 157 cm³/mol. The normalized spacial score (nSPS) is 16.1. The Balaban J connectivity index is 1.88. The first kappa shape index (κ1) is 32.7. The Bertz CT molecular complexity index is 1200. The molecule has 2 amide bonds. The Labute approximate surface area is 247 Å². The summed E-state index contributed by atoms with van der Waals surface area (Å²) >= 11 is 1.96. The topological polar surface area (TPSA) is 141 Å². The number of aliphatic carboxylic acids is 1. The molecule has 0 spiro atoms. The van der Waals surface area contributed by atoms with Crippen LogP contribution in [0.2, 0.25) is 0 Å². The average molecular weight is 627 g/mol. The van der Waals surface area contributed by atoms with Crippen molar-refractivity contribution in [2.24, 2.45) is 0 Å². The first-order chi connectivity index (χ1) is 19.3. The molecule has 2 N–H and O–H groups in total. The molecule has 0 saturated carbocycles. The SMILES string of the molecule is COc1ccc(SP(=O)(OC[C@H](NC(=O)OC(C)(C)C)C(=O)N2CCC[C@H]2C(=O)O)Sc2ccc(OC)cc2)cc1. The average Bonchev–Trinajstić information content (AvgIpc) is 3.41. The molecular weight excluding hydrogens is 591 g/mol. The zero-order chi connectivity index (χ0) is 30.2. The van der Waals surface area contributed by atoms with Gasteiger partial charge in [0.2, 0.25) is 5.91 Å². The molecule has 1 aliphatic heterocycles. The second-order valence-corrected chi connectivity index (χ2v) is 17.1. The number of carboxylic acid groups (broad SMARTS) is 1. The number of nitrogens with zero attached hydrogens (tertiary/aromatic N) is 1. The number of nitrogens with one attached hydrogen (secondary N) is 1. The minimum absolute atomic E-state index is 0.209. The maximum Gasteiger partial charge on any atom is 0.408 e. The first-order valence-electron chi connectivity index (χ1n) is 12.8. The van der Waals surface area contributed by atoms with E-state index in [1.54, 1.807) is 83.5 Å². The summed E-state index contributed by atoms with van der Waals surface area (Å²) in [7, 11) is 3.08. The largest absolute Gasteiger partial charge is 0.497 e. The van der Waals surface area contributed by atoms with Crippen molar-refractivity contribution in [3.63, 3.8) is 0 Å². The van der Waals surface area contributed by atoms with Crippen LogP contribution >= 0.6 is 28.5 Å². The monoisotopic (exact) mass is 626 g/mol. The Hall–Kier alpha value is -2.86. The van der Waals surface area contributed by atoms with Gasteiger partial charge in [0, 0.05) is 16.3 Å². The summed E-state index contributed by atoms with van der Waals surface area (Å²) < 4.78 is 36.0. The standard InChI is InChI=1S/C27H35N2O9PS2/c1-27(2,3)38-26(33)28-22(24(30)29-16-6-7-23(29)25(31)32)17-37-39(34,40-20-12-8-18(35-4)9-13-20)41-21-14-10-19(36-5)11-15-21/h8-15,22-23H,6-7,16-17H2,1-5H3,(H,28,33)(H,31,32)/t22-,23-/m0/s1. The van der Waals surface area contributed by atoms with Gasteiger partial charge in [0.15, 0.2) is 0 Å². The second-order valence-electron chi connectivity index (χ2n) is 10.0. The molecule has 1 heterocycles. The molecule has 1 aliphatic rings.